The van der Waals surface area contributed by atoms with Gasteiger partial charge in [-0.2, -0.15) is 0 Å². The van der Waals surface area contributed by atoms with E-state index in [2.05, 4.69) is 5.32 Å². The molecule has 1 N–H and O–H groups in total. The first-order valence-electron chi connectivity index (χ1n) is 4.64. The van der Waals surface area contributed by atoms with Gasteiger partial charge in [0.25, 0.3) is 0 Å². The van der Waals surface area contributed by atoms with Crippen molar-refractivity contribution in [3.05, 3.63) is 0 Å². The Hall–Kier alpha value is -1.10. The van der Waals surface area contributed by atoms with Crippen LogP contribution in [0.4, 0.5) is 4.79 Å². The fourth-order valence-electron chi connectivity index (χ4n) is 0.400. The molecular formula is C10H25N3O2. The van der Waals surface area contributed by atoms with E-state index in [1.165, 1.54) is 23.6 Å². The van der Waals surface area contributed by atoms with Crippen molar-refractivity contribution in [2.24, 2.45) is 0 Å². The van der Waals surface area contributed by atoms with Gasteiger partial charge in [-0.3, -0.25) is 0 Å². The van der Waals surface area contributed by atoms with E-state index in [4.69, 9.17) is 0 Å². The second-order valence-electron chi connectivity index (χ2n) is 3.48. The number of rotatable bonds is 0. The minimum Gasteiger partial charge on any atom is -0.331 e. The SMILES string of the molecule is CC(C)=O.CN(C)C(=O)N(C)C.CNC. The summed E-state index contributed by atoms with van der Waals surface area (Å²) in [7, 11) is 10.6. The molecule has 0 aromatic rings. The normalized spacial score (nSPS) is 7.47. The van der Waals surface area contributed by atoms with Crippen LogP contribution in [0.15, 0.2) is 0 Å². The molecule has 92 valence electrons. The summed E-state index contributed by atoms with van der Waals surface area (Å²) >= 11 is 0. The molecule has 0 radical (unpaired) electrons. The van der Waals surface area contributed by atoms with Gasteiger partial charge in [0, 0.05) is 28.2 Å². The van der Waals surface area contributed by atoms with Crippen LogP contribution in [-0.4, -0.2) is 63.9 Å². The highest BCUT2D eigenvalue weighted by Crippen LogP contribution is 1.83. The van der Waals surface area contributed by atoms with Gasteiger partial charge in [-0.05, 0) is 27.9 Å². The zero-order chi connectivity index (χ0) is 13.0. The van der Waals surface area contributed by atoms with Crippen LogP contribution >= 0.6 is 0 Å². The van der Waals surface area contributed by atoms with Crippen LogP contribution < -0.4 is 5.32 Å². The Morgan fingerprint density at radius 2 is 1.00 bits per heavy atom. The van der Waals surface area contributed by atoms with Gasteiger partial charge in [-0.1, -0.05) is 0 Å². The largest absolute Gasteiger partial charge is 0.331 e. The molecule has 0 saturated heterocycles. The summed E-state index contributed by atoms with van der Waals surface area (Å²) < 4.78 is 0. The van der Waals surface area contributed by atoms with Crippen molar-refractivity contribution in [2.45, 2.75) is 13.8 Å². The smallest absolute Gasteiger partial charge is 0.318 e. The number of nitrogens with zero attached hydrogens (tertiary/aromatic N) is 2. The quantitative estimate of drug-likeness (QED) is 0.651. The molecule has 5 heteroatoms. The van der Waals surface area contributed by atoms with Crippen molar-refractivity contribution < 1.29 is 9.59 Å². The summed E-state index contributed by atoms with van der Waals surface area (Å²) in [6.45, 7) is 3.06. The van der Waals surface area contributed by atoms with E-state index >= 15 is 0 Å². The summed E-state index contributed by atoms with van der Waals surface area (Å²) in [4.78, 5) is 23.2. The molecule has 0 spiro atoms. The highest BCUT2D eigenvalue weighted by atomic mass is 16.2. The van der Waals surface area contributed by atoms with E-state index in [-0.39, 0.29) is 11.8 Å². The number of ketones is 1. The van der Waals surface area contributed by atoms with Crippen molar-refractivity contribution in [1.82, 2.24) is 15.1 Å². The molecule has 2 amide bonds. The van der Waals surface area contributed by atoms with Crippen LogP contribution in [0.25, 0.3) is 0 Å². The molecule has 0 rings (SSSR count). The molecule has 5 nitrogen and oxygen atoms in total. The summed E-state index contributed by atoms with van der Waals surface area (Å²) in [5, 5.41) is 2.75. The number of urea groups is 1. The van der Waals surface area contributed by atoms with Crippen LogP contribution in [0, 0.1) is 0 Å². The Morgan fingerprint density at radius 1 is 0.867 bits per heavy atom. The summed E-state index contributed by atoms with van der Waals surface area (Å²) in [6.07, 6.45) is 0. The molecule has 0 aromatic carbocycles. The fraction of sp³-hybridized carbons (Fsp3) is 0.800. The minimum atomic E-state index is 0.0185. The van der Waals surface area contributed by atoms with Crippen LogP contribution in [-0.2, 0) is 4.79 Å². The van der Waals surface area contributed by atoms with E-state index in [1.807, 2.05) is 14.1 Å². The molecule has 0 unspecified atom stereocenters. The van der Waals surface area contributed by atoms with Gasteiger partial charge < -0.3 is 19.9 Å². The van der Waals surface area contributed by atoms with Gasteiger partial charge in [-0.15, -0.1) is 0 Å². The number of nitrogens with one attached hydrogen (secondary N) is 1. The van der Waals surface area contributed by atoms with Crippen LogP contribution in [0.5, 0.6) is 0 Å². The second kappa shape index (κ2) is 12.9. The third kappa shape index (κ3) is 32.2. The van der Waals surface area contributed by atoms with Gasteiger partial charge in [0.1, 0.15) is 5.78 Å². The molecule has 0 aromatic heterocycles. The Bertz CT molecular complexity index is 154. The number of hydrogen-bond acceptors (Lipinski definition) is 3. The average molecular weight is 219 g/mol. The van der Waals surface area contributed by atoms with E-state index < -0.39 is 0 Å². The maximum Gasteiger partial charge on any atom is 0.318 e. The summed E-state index contributed by atoms with van der Waals surface area (Å²) in [5.41, 5.74) is 0. The number of carbonyl (C=O) groups excluding carboxylic acids is 2. The lowest BCUT2D eigenvalue weighted by molar-refractivity contribution is -0.114. The Balaban J connectivity index is -0.000000173. The molecule has 0 aliphatic heterocycles. The van der Waals surface area contributed by atoms with Crippen molar-refractivity contribution in [3.63, 3.8) is 0 Å². The van der Waals surface area contributed by atoms with Crippen LogP contribution in [0.1, 0.15) is 13.8 Å². The predicted octanol–water partition coefficient (Wildman–Crippen LogP) is 0.661. The molecule has 15 heavy (non-hydrogen) atoms. The Labute approximate surface area is 93.4 Å². The zero-order valence-electron chi connectivity index (χ0n) is 11.2. The molecular weight excluding hydrogens is 194 g/mol. The molecule has 0 atom stereocenters. The third-order valence-electron chi connectivity index (χ3n) is 0.765. The molecule has 0 aliphatic carbocycles. The van der Waals surface area contributed by atoms with Crippen LogP contribution in [0.3, 0.4) is 0 Å². The lowest BCUT2D eigenvalue weighted by atomic mass is 10.6. The van der Waals surface area contributed by atoms with Gasteiger partial charge in [-0.25, -0.2) is 4.79 Å². The lowest BCUT2D eigenvalue weighted by Crippen LogP contribution is -2.33. The first-order chi connectivity index (χ1) is 6.70. The van der Waals surface area contributed by atoms with Crippen molar-refractivity contribution in [3.8, 4) is 0 Å². The molecule has 0 aliphatic rings. The van der Waals surface area contributed by atoms with E-state index in [0.29, 0.717) is 0 Å². The lowest BCUT2D eigenvalue weighted by Gasteiger charge is -2.16. The summed E-state index contributed by atoms with van der Waals surface area (Å²) in [6, 6.07) is 0.0185. The number of hydrogen-bond donors (Lipinski definition) is 1. The predicted molar refractivity (Wildman–Crippen MR) is 64.1 cm³/mol. The average Bonchev–Trinajstić information content (AvgIpc) is 2.02. The van der Waals surface area contributed by atoms with Gasteiger partial charge in [0.05, 0.1) is 0 Å². The first-order valence-corrected chi connectivity index (χ1v) is 4.64. The monoisotopic (exact) mass is 219 g/mol. The zero-order valence-corrected chi connectivity index (χ0v) is 11.2. The van der Waals surface area contributed by atoms with Gasteiger partial charge in [0.2, 0.25) is 0 Å². The van der Waals surface area contributed by atoms with Gasteiger partial charge in [0.15, 0.2) is 0 Å². The van der Waals surface area contributed by atoms with Crippen molar-refractivity contribution >= 4 is 11.8 Å². The first kappa shape index (κ1) is 19.5. The van der Waals surface area contributed by atoms with Crippen LogP contribution in [0.2, 0.25) is 0 Å². The van der Waals surface area contributed by atoms with E-state index in [1.54, 1.807) is 28.2 Å². The van der Waals surface area contributed by atoms with Gasteiger partial charge >= 0.3 is 6.03 Å². The highest BCUT2D eigenvalue weighted by Gasteiger charge is 2.02. The number of carbonyl (C=O) groups is 2. The van der Waals surface area contributed by atoms with E-state index in [0.717, 1.165) is 0 Å². The number of Topliss-reactive ketones (excluding diaryl/α,β-unsaturated/α-hetero) is 1. The highest BCUT2D eigenvalue weighted by molar-refractivity contribution is 5.73. The maximum absolute atomic E-state index is 10.7. The standard InChI is InChI=1S/C5H12N2O.C3H6O.C2H7N/c1-6(2)5(8)7(3)4;1-3(2)4;1-3-2/h1-4H3;1-2H3;3H,1-2H3. The van der Waals surface area contributed by atoms with Crippen molar-refractivity contribution in [1.29, 1.82) is 0 Å². The van der Waals surface area contributed by atoms with Crippen molar-refractivity contribution in [2.75, 3.05) is 42.3 Å². The second-order valence-corrected chi connectivity index (χ2v) is 3.48. The topological polar surface area (TPSA) is 52.7 Å². The molecule has 0 bridgehead atoms. The fourth-order valence-corrected chi connectivity index (χ4v) is 0.400. The number of amides is 2. The maximum atomic E-state index is 10.7. The minimum absolute atomic E-state index is 0.0185. The van der Waals surface area contributed by atoms with E-state index in [9.17, 15) is 9.59 Å². The molecule has 0 heterocycles. The molecule has 0 saturated carbocycles. The Kier molecular flexibility index (Phi) is 16.7. The Morgan fingerprint density at radius 3 is 1.00 bits per heavy atom. The summed E-state index contributed by atoms with van der Waals surface area (Å²) in [5.74, 6) is 0.167. The molecule has 0 fully saturated rings. The third-order valence-corrected chi connectivity index (χ3v) is 0.765.